The predicted octanol–water partition coefficient (Wildman–Crippen LogP) is 4.60. The summed E-state index contributed by atoms with van der Waals surface area (Å²) >= 11 is 3.45. The van der Waals surface area contributed by atoms with E-state index in [4.69, 9.17) is 15.2 Å². The normalized spacial score (nSPS) is 24.4. The van der Waals surface area contributed by atoms with Gasteiger partial charge in [0.1, 0.15) is 12.4 Å². The van der Waals surface area contributed by atoms with Gasteiger partial charge in [0.2, 0.25) is 0 Å². The summed E-state index contributed by atoms with van der Waals surface area (Å²) in [6.45, 7) is 2.63. The molecule has 1 aromatic rings. The zero-order chi connectivity index (χ0) is 14.9. The number of hydrogen-bond donors (Lipinski definition) is 1. The fourth-order valence-corrected chi connectivity index (χ4v) is 4.30. The summed E-state index contributed by atoms with van der Waals surface area (Å²) in [6, 6.07) is 3.92. The second-order valence-electron chi connectivity index (χ2n) is 6.47. The molecule has 0 bridgehead atoms. The van der Waals surface area contributed by atoms with Gasteiger partial charge in [-0.1, -0.05) is 35.2 Å². The van der Waals surface area contributed by atoms with Gasteiger partial charge in [-0.15, -0.1) is 0 Å². The summed E-state index contributed by atoms with van der Waals surface area (Å²) in [5.41, 5.74) is 7.96. The lowest BCUT2D eigenvalue weighted by Gasteiger charge is -2.33. The van der Waals surface area contributed by atoms with Crippen LogP contribution in [-0.2, 0) is 4.74 Å². The smallest absolute Gasteiger partial charge is 0.145 e. The quantitative estimate of drug-likeness (QED) is 0.807. The first-order chi connectivity index (χ1) is 10.1. The summed E-state index contributed by atoms with van der Waals surface area (Å²) in [7, 11) is 0. The van der Waals surface area contributed by atoms with Crippen molar-refractivity contribution in [2.24, 2.45) is 0 Å². The molecule has 1 unspecified atom stereocenters. The van der Waals surface area contributed by atoms with Gasteiger partial charge in [0.25, 0.3) is 0 Å². The molecule has 1 aromatic carbocycles. The van der Waals surface area contributed by atoms with E-state index < -0.39 is 0 Å². The molecule has 1 aliphatic carbocycles. The van der Waals surface area contributed by atoms with Gasteiger partial charge in [-0.25, -0.2) is 0 Å². The van der Waals surface area contributed by atoms with Crippen molar-refractivity contribution >= 4 is 21.6 Å². The van der Waals surface area contributed by atoms with Crippen molar-refractivity contribution in [2.75, 3.05) is 12.3 Å². The molecule has 0 amide bonds. The Kier molecular flexibility index (Phi) is 4.46. The van der Waals surface area contributed by atoms with E-state index in [-0.39, 0.29) is 11.7 Å². The van der Waals surface area contributed by atoms with E-state index in [1.54, 1.807) is 0 Å². The number of nitrogen functional groups attached to an aromatic ring is 1. The van der Waals surface area contributed by atoms with Crippen LogP contribution in [0.15, 0.2) is 16.6 Å². The van der Waals surface area contributed by atoms with Crippen molar-refractivity contribution in [2.45, 2.75) is 63.6 Å². The number of rotatable bonds is 3. The molecule has 1 atom stereocenters. The van der Waals surface area contributed by atoms with Crippen LogP contribution in [0.5, 0.6) is 5.75 Å². The molecule has 1 heterocycles. The summed E-state index contributed by atoms with van der Waals surface area (Å²) in [4.78, 5) is 0. The van der Waals surface area contributed by atoms with E-state index in [2.05, 4.69) is 15.9 Å². The average Bonchev–Trinajstić information content (AvgIpc) is 2.81. The molecule has 3 rings (SSSR count). The monoisotopic (exact) mass is 353 g/mol. The Morgan fingerprint density at radius 3 is 2.76 bits per heavy atom. The number of aryl methyl sites for hydroxylation is 1. The fraction of sp³-hybridized carbons (Fsp3) is 0.647. The van der Waals surface area contributed by atoms with Crippen LogP contribution in [0.1, 0.15) is 50.5 Å². The number of ether oxygens (including phenoxy) is 2. The van der Waals surface area contributed by atoms with Gasteiger partial charge in [0.05, 0.1) is 17.4 Å². The molecule has 116 valence electrons. The minimum Gasteiger partial charge on any atom is -0.488 e. The van der Waals surface area contributed by atoms with Crippen molar-refractivity contribution in [3.05, 3.63) is 22.2 Å². The van der Waals surface area contributed by atoms with Crippen LogP contribution in [-0.4, -0.2) is 18.3 Å². The van der Waals surface area contributed by atoms with Gasteiger partial charge in [0.15, 0.2) is 0 Å². The molecule has 3 nitrogen and oxygen atoms in total. The number of anilines is 1. The van der Waals surface area contributed by atoms with Crippen molar-refractivity contribution in [1.82, 2.24) is 0 Å². The lowest BCUT2D eigenvalue weighted by molar-refractivity contribution is -0.0748. The third-order valence-corrected chi connectivity index (χ3v) is 5.24. The highest BCUT2D eigenvalue weighted by molar-refractivity contribution is 9.10. The van der Waals surface area contributed by atoms with Gasteiger partial charge in [0, 0.05) is 4.47 Å². The lowest BCUT2D eigenvalue weighted by atomic mass is 9.83. The minimum absolute atomic E-state index is 0.159. The first kappa shape index (κ1) is 15.2. The van der Waals surface area contributed by atoms with Gasteiger partial charge in [-0.3, -0.25) is 0 Å². The van der Waals surface area contributed by atoms with Crippen LogP contribution in [0, 0.1) is 6.92 Å². The summed E-state index contributed by atoms with van der Waals surface area (Å²) in [5, 5.41) is 0. The Bertz CT molecular complexity index is 489. The number of halogens is 1. The van der Waals surface area contributed by atoms with E-state index in [1.807, 2.05) is 19.1 Å². The molecule has 2 aliphatic rings. The number of nitrogens with two attached hydrogens (primary N) is 1. The van der Waals surface area contributed by atoms with Crippen LogP contribution in [0.25, 0.3) is 0 Å². The zero-order valence-corrected chi connectivity index (χ0v) is 14.2. The molecule has 4 heteroatoms. The molecule has 1 spiro atoms. The minimum atomic E-state index is 0.159. The zero-order valence-electron chi connectivity index (χ0n) is 12.7. The van der Waals surface area contributed by atoms with Crippen LogP contribution in [0.2, 0.25) is 0 Å². The fourth-order valence-electron chi connectivity index (χ4n) is 3.71. The summed E-state index contributed by atoms with van der Waals surface area (Å²) in [5.74, 6) is 0.798. The van der Waals surface area contributed by atoms with E-state index in [0.29, 0.717) is 12.3 Å². The molecule has 1 saturated carbocycles. The highest BCUT2D eigenvalue weighted by Gasteiger charge is 2.40. The Morgan fingerprint density at radius 1 is 1.29 bits per heavy atom. The second-order valence-corrected chi connectivity index (χ2v) is 7.39. The average molecular weight is 354 g/mol. The molecule has 1 saturated heterocycles. The maximum atomic E-state index is 6.34. The topological polar surface area (TPSA) is 44.5 Å². The lowest BCUT2D eigenvalue weighted by Crippen LogP contribution is -2.33. The maximum absolute atomic E-state index is 6.34. The predicted molar refractivity (Wildman–Crippen MR) is 88.7 cm³/mol. The maximum Gasteiger partial charge on any atom is 0.145 e. The van der Waals surface area contributed by atoms with Crippen LogP contribution >= 0.6 is 15.9 Å². The molecule has 0 aromatic heterocycles. The number of hydrogen-bond acceptors (Lipinski definition) is 3. The SMILES string of the molecule is Cc1cc(Br)cc(N)c1OCC1CCC2(CCCCC2)O1. The summed E-state index contributed by atoms with van der Waals surface area (Å²) < 4.78 is 13.3. The Hall–Kier alpha value is -0.740. The van der Waals surface area contributed by atoms with Gasteiger partial charge in [-0.2, -0.15) is 0 Å². The number of benzene rings is 1. The van der Waals surface area contributed by atoms with Crippen LogP contribution in [0.3, 0.4) is 0 Å². The molecular weight excluding hydrogens is 330 g/mol. The summed E-state index contributed by atoms with van der Waals surface area (Å²) in [6.07, 6.45) is 8.95. The first-order valence-electron chi connectivity index (χ1n) is 7.94. The standard InChI is InChI=1S/C17H24BrNO2/c1-12-9-13(18)10-15(19)16(12)20-11-14-5-8-17(21-14)6-3-2-4-7-17/h9-10,14H,2-8,11,19H2,1H3. The largest absolute Gasteiger partial charge is 0.488 e. The first-order valence-corrected chi connectivity index (χ1v) is 8.74. The van der Waals surface area contributed by atoms with E-state index in [0.717, 1.165) is 22.2 Å². The van der Waals surface area contributed by atoms with E-state index in [1.165, 1.54) is 38.5 Å². The van der Waals surface area contributed by atoms with Crippen molar-refractivity contribution in [3.63, 3.8) is 0 Å². The van der Waals surface area contributed by atoms with Crippen molar-refractivity contribution < 1.29 is 9.47 Å². The Labute approximate surface area is 135 Å². The molecular formula is C17H24BrNO2. The molecule has 21 heavy (non-hydrogen) atoms. The third-order valence-electron chi connectivity index (χ3n) is 4.79. The van der Waals surface area contributed by atoms with Crippen LogP contribution < -0.4 is 10.5 Å². The van der Waals surface area contributed by atoms with E-state index >= 15 is 0 Å². The molecule has 0 radical (unpaired) electrons. The highest BCUT2D eigenvalue weighted by atomic mass is 79.9. The third kappa shape index (κ3) is 3.37. The van der Waals surface area contributed by atoms with Gasteiger partial charge in [-0.05, 0) is 50.3 Å². The second kappa shape index (κ2) is 6.17. The van der Waals surface area contributed by atoms with Gasteiger partial charge < -0.3 is 15.2 Å². The van der Waals surface area contributed by atoms with Crippen molar-refractivity contribution in [3.8, 4) is 5.75 Å². The van der Waals surface area contributed by atoms with Crippen LogP contribution in [0.4, 0.5) is 5.69 Å². The molecule has 2 fully saturated rings. The Balaban J connectivity index is 1.59. The molecule has 2 N–H and O–H groups in total. The molecule has 1 aliphatic heterocycles. The Morgan fingerprint density at radius 2 is 2.05 bits per heavy atom. The van der Waals surface area contributed by atoms with Crippen molar-refractivity contribution in [1.29, 1.82) is 0 Å². The highest BCUT2D eigenvalue weighted by Crippen LogP contribution is 2.42. The van der Waals surface area contributed by atoms with E-state index in [9.17, 15) is 0 Å². The van der Waals surface area contributed by atoms with Gasteiger partial charge >= 0.3 is 0 Å².